The van der Waals surface area contributed by atoms with Gasteiger partial charge in [0.1, 0.15) is 6.10 Å². The van der Waals surface area contributed by atoms with Crippen molar-refractivity contribution in [3.8, 4) is 0 Å². The molecule has 1 rings (SSSR count). The van der Waals surface area contributed by atoms with Crippen LogP contribution in [0.5, 0.6) is 0 Å². The predicted molar refractivity (Wildman–Crippen MR) is 46.0 cm³/mol. The molecule has 1 aliphatic heterocycles. The first-order valence-electron chi connectivity index (χ1n) is 4.52. The van der Waals surface area contributed by atoms with E-state index in [1.807, 2.05) is 0 Å². The van der Waals surface area contributed by atoms with Gasteiger partial charge in [0.15, 0.2) is 0 Å². The molecule has 1 fully saturated rings. The van der Waals surface area contributed by atoms with Crippen LogP contribution in [0.4, 0.5) is 8.78 Å². The Hall–Kier alpha value is -0.750. The number of hydrogen-bond donors (Lipinski definition) is 2. The number of ether oxygens (including phenoxy) is 1. The molecule has 1 atom stereocenters. The fourth-order valence-electron chi connectivity index (χ4n) is 1.19. The largest absolute Gasteiger partial charge is 0.368 e. The zero-order valence-corrected chi connectivity index (χ0v) is 7.76. The van der Waals surface area contributed by atoms with Gasteiger partial charge in [-0.2, -0.15) is 0 Å². The summed E-state index contributed by atoms with van der Waals surface area (Å²) in [6.45, 7) is -0.966. The molecule has 0 unspecified atom stereocenters. The molecule has 14 heavy (non-hydrogen) atoms. The highest BCUT2D eigenvalue weighted by molar-refractivity contribution is 5.80. The Kier molecular flexibility index (Phi) is 3.77. The van der Waals surface area contributed by atoms with Crippen LogP contribution in [0.2, 0.25) is 0 Å². The van der Waals surface area contributed by atoms with Gasteiger partial charge in [-0.3, -0.25) is 4.79 Å². The number of nitrogens with one attached hydrogen (secondary N) is 1. The highest BCUT2D eigenvalue weighted by atomic mass is 19.3. The van der Waals surface area contributed by atoms with Crippen molar-refractivity contribution >= 4 is 5.91 Å². The van der Waals surface area contributed by atoms with Crippen LogP contribution in [0, 0.1) is 0 Å². The number of carbonyl (C=O) groups is 1. The molecular weight excluding hydrogens is 194 g/mol. The van der Waals surface area contributed by atoms with E-state index in [0.29, 0.717) is 13.0 Å². The lowest BCUT2D eigenvalue weighted by molar-refractivity contribution is -0.131. The summed E-state index contributed by atoms with van der Waals surface area (Å²) in [4.78, 5) is 11.2. The molecule has 0 aromatic rings. The molecule has 4 nitrogen and oxygen atoms in total. The Morgan fingerprint density at radius 1 is 1.64 bits per heavy atom. The normalized spacial score (nSPS) is 22.4. The van der Waals surface area contributed by atoms with Crippen molar-refractivity contribution in [3.05, 3.63) is 0 Å². The molecule has 1 amide bonds. The van der Waals surface area contributed by atoms with Crippen LogP contribution in [0.1, 0.15) is 12.8 Å². The Bertz CT molecular complexity index is 206. The maximum absolute atomic E-state index is 12.6. The number of rotatable bonds is 4. The van der Waals surface area contributed by atoms with Crippen LogP contribution >= 0.6 is 0 Å². The van der Waals surface area contributed by atoms with E-state index in [1.54, 1.807) is 0 Å². The van der Waals surface area contributed by atoms with E-state index in [0.717, 1.165) is 6.42 Å². The van der Waals surface area contributed by atoms with E-state index < -0.39 is 31.0 Å². The monoisotopic (exact) mass is 208 g/mol. The van der Waals surface area contributed by atoms with Crippen molar-refractivity contribution in [2.75, 3.05) is 19.7 Å². The minimum atomic E-state index is -3.03. The minimum Gasteiger partial charge on any atom is -0.368 e. The van der Waals surface area contributed by atoms with Crippen molar-refractivity contribution in [2.24, 2.45) is 5.73 Å². The van der Waals surface area contributed by atoms with Crippen molar-refractivity contribution in [3.63, 3.8) is 0 Å². The Balaban J connectivity index is 2.27. The van der Waals surface area contributed by atoms with Crippen molar-refractivity contribution in [1.82, 2.24) is 5.32 Å². The summed E-state index contributed by atoms with van der Waals surface area (Å²) in [6, 6.07) is 0. The number of carbonyl (C=O) groups excluding carboxylic acids is 1. The van der Waals surface area contributed by atoms with Crippen LogP contribution in [0.3, 0.4) is 0 Å². The van der Waals surface area contributed by atoms with Gasteiger partial charge in [-0.25, -0.2) is 8.78 Å². The number of amides is 1. The first-order chi connectivity index (χ1) is 6.55. The molecule has 0 aromatic carbocycles. The number of halogens is 2. The molecule has 0 aliphatic carbocycles. The van der Waals surface area contributed by atoms with Gasteiger partial charge < -0.3 is 15.8 Å². The summed E-state index contributed by atoms with van der Waals surface area (Å²) < 4.78 is 30.3. The standard InChI is InChI=1S/C8H14F2N2O2/c9-8(10,4-11)5-12-7(13)6-2-1-3-14-6/h6H,1-5,11H2,(H,12,13)/t6-/m1/s1. The average Bonchev–Trinajstić information content (AvgIpc) is 2.67. The molecule has 0 spiro atoms. The summed E-state index contributed by atoms with van der Waals surface area (Å²) in [5.41, 5.74) is 4.81. The van der Waals surface area contributed by atoms with E-state index >= 15 is 0 Å². The molecule has 1 heterocycles. The molecular formula is C8H14F2N2O2. The van der Waals surface area contributed by atoms with Crippen LogP contribution in [0.15, 0.2) is 0 Å². The third-order valence-electron chi connectivity index (χ3n) is 2.04. The number of alkyl halides is 2. The topological polar surface area (TPSA) is 64.3 Å². The third kappa shape index (κ3) is 3.19. The number of hydrogen-bond acceptors (Lipinski definition) is 3. The molecule has 3 N–H and O–H groups in total. The SMILES string of the molecule is NCC(F)(F)CNC(=O)[C@H]1CCCO1. The maximum atomic E-state index is 12.6. The minimum absolute atomic E-state index is 0.476. The smallest absolute Gasteiger partial charge is 0.277 e. The molecule has 6 heteroatoms. The Labute approximate surface area is 80.8 Å². The van der Waals surface area contributed by atoms with Crippen molar-refractivity contribution in [1.29, 1.82) is 0 Å². The molecule has 82 valence electrons. The quantitative estimate of drug-likeness (QED) is 0.676. The average molecular weight is 208 g/mol. The van der Waals surface area contributed by atoms with Crippen LogP contribution in [0.25, 0.3) is 0 Å². The summed E-state index contributed by atoms with van der Waals surface area (Å²) >= 11 is 0. The molecule has 0 aromatic heterocycles. The molecule has 1 aliphatic rings. The second-order valence-electron chi connectivity index (χ2n) is 3.28. The molecule has 0 bridgehead atoms. The second-order valence-corrected chi connectivity index (χ2v) is 3.28. The van der Waals surface area contributed by atoms with Crippen molar-refractivity contribution < 1.29 is 18.3 Å². The van der Waals surface area contributed by atoms with Crippen LogP contribution in [-0.2, 0) is 9.53 Å². The third-order valence-corrected chi connectivity index (χ3v) is 2.04. The predicted octanol–water partition coefficient (Wildman–Crippen LogP) is -0.124. The van der Waals surface area contributed by atoms with Gasteiger partial charge in [-0.05, 0) is 12.8 Å². The van der Waals surface area contributed by atoms with Gasteiger partial charge in [-0.15, -0.1) is 0 Å². The van der Waals surface area contributed by atoms with Gasteiger partial charge in [-0.1, -0.05) is 0 Å². The summed E-state index contributed by atoms with van der Waals surface area (Å²) in [7, 11) is 0. The van der Waals surface area contributed by atoms with E-state index in [-0.39, 0.29) is 0 Å². The highest BCUT2D eigenvalue weighted by Gasteiger charge is 2.30. The Morgan fingerprint density at radius 2 is 2.36 bits per heavy atom. The first-order valence-corrected chi connectivity index (χ1v) is 4.52. The lowest BCUT2D eigenvalue weighted by Gasteiger charge is -2.16. The summed E-state index contributed by atoms with van der Waals surface area (Å²) in [5.74, 6) is -3.51. The van der Waals surface area contributed by atoms with E-state index in [1.165, 1.54) is 0 Å². The lowest BCUT2D eigenvalue weighted by atomic mass is 10.2. The van der Waals surface area contributed by atoms with E-state index in [9.17, 15) is 13.6 Å². The van der Waals surface area contributed by atoms with Gasteiger partial charge in [0.2, 0.25) is 5.91 Å². The summed E-state index contributed by atoms with van der Waals surface area (Å²) in [6.07, 6.45) is 0.828. The first kappa shape index (κ1) is 11.3. The number of nitrogens with two attached hydrogens (primary N) is 1. The zero-order chi connectivity index (χ0) is 10.6. The van der Waals surface area contributed by atoms with Gasteiger partial charge >= 0.3 is 0 Å². The molecule has 0 radical (unpaired) electrons. The lowest BCUT2D eigenvalue weighted by Crippen LogP contribution is -2.44. The van der Waals surface area contributed by atoms with E-state index in [2.05, 4.69) is 5.32 Å². The van der Waals surface area contributed by atoms with Crippen molar-refractivity contribution in [2.45, 2.75) is 24.9 Å². The van der Waals surface area contributed by atoms with Crippen LogP contribution < -0.4 is 11.1 Å². The fourth-order valence-corrected chi connectivity index (χ4v) is 1.19. The Morgan fingerprint density at radius 3 is 2.86 bits per heavy atom. The molecule has 0 saturated carbocycles. The fraction of sp³-hybridized carbons (Fsp3) is 0.875. The van der Waals surface area contributed by atoms with Gasteiger partial charge in [0.25, 0.3) is 5.92 Å². The van der Waals surface area contributed by atoms with Gasteiger partial charge in [0.05, 0.1) is 13.1 Å². The zero-order valence-electron chi connectivity index (χ0n) is 7.76. The highest BCUT2D eigenvalue weighted by Crippen LogP contribution is 2.13. The van der Waals surface area contributed by atoms with E-state index in [4.69, 9.17) is 10.5 Å². The summed E-state index contributed by atoms with van der Waals surface area (Å²) in [5, 5.41) is 2.12. The van der Waals surface area contributed by atoms with Gasteiger partial charge in [0, 0.05) is 6.61 Å². The second kappa shape index (κ2) is 4.65. The van der Waals surface area contributed by atoms with Crippen LogP contribution in [-0.4, -0.2) is 37.6 Å². The molecule has 1 saturated heterocycles. The maximum Gasteiger partial charge on any atom is 0.277 e.